The van der Waals surface area contributed by atoms with Gasteiger partial charge in [-0.15, -0.1) is 0 Å². The Kier molecular flexibility index (Phi) is 3.97. The minimum absolute atomic E-state index is 0.289. The Labute approximate surface area is 112 Å². The molecule has 19 heavy (non-hydrogen) atoms. The molecule has 0 spiro atoms. The smallest absolute Gasteiger partial charge is 0.322 e. The molecule has 1 aromatic carbocycles. The molecule has 0 amide bonds. The van der Waals surface area contributed by atoms with Crippen LogP contribution in [0.3, 0.4) is 0 Å². The minimum Gasteiger partial charge on any atom is -0.493 e. The van der Waals surface area contributed by atoms with Gasteiger partial charge in [-0.1, -0.05) is 6.07 Å². The summed E-state index contributed by atoms with van der Waals surface area (Å²) in [5.41, 5.74) is 8.40. The van der Waals surface area contributed by atoms with E-state index in [2.05, 4.69) is 9.97 Å². The number of aryl methyl sites for hydroxylation is 2. The quantitative estimate of drug-likeness (QED) is 0.912. The molecule has 0 aliphatic rings. The van der Waals surface area contributed by atoms with Crippen LogP contribution in [-0.2, 0) is 6.54 Å². The molecule has 2 aromatic rings. The van der Waals surface area contributed by atoms with E-state index < -0.39 is 0 Å². The van der Waals surface area contributed by atoms with Crippen molar-refractivity contribution in [1.29, 1.82) is 0 Å². The monoisotopic (exact) mass is 259 g/mol. The fourth-order valence-corrected chi connectivity index (χ4v) is 1.68. The van der Waals surface area contributed by atoms with Crippen LogP contribution < -0.4 is 15.2 Å². The SMILES string of the molecule is COc1cc(C)ccc1Oc1ncc(CN)c(C)n1. The lowest BCUT2D eigenvalue weighted by Crippen LogP contribution is -2.03. The van der Waals surface area contributed by atoms with E-state index in [0.717, 1.165) is 16.8 Å². The van der Waals surface area contributed by atoms with Crippen molar-refractivity contribution in [2.24, 2.45) is 5.73 Å². The standard InChI is InChI=1S/C14H17N3O2/c1-9-4-5-12(13(6-9)18-3)19-14-16-8-11(7-15)10(2)17-14/h4-6,8H,7,15H2,1-3H3. The number of methoxy groups -OCH3 is 1. The van der Waals surface area contributed by atoms with Gasteiger partial charge in [0.2, 0.25) is 0 Å². The Bertz CT molecular complexity index is 585. The maximum Gasteiger partial charge on any atom is 0.322 e. The zero-order chi connectivity index (χ0) is 13.8. The van der Waals surface area contributed by atoms with Gasteiger partial charge in [0.1, 0.15) is 0 Å². The Hall–Kier alpha value is -2.14. The summed E-state index contributed by atoms with van der Waals surface area (Å²) < 4.78 is 10.9. The molecule has 1 aromatic heterocycles. The van der Waals surface area contributed by atoms with Crippen LogP contribution in [-0.4, -0.2) is 17.1 Å². The fraction of sp³-hybridized carbons (Fsp3) is 0.286. The van der Waals surface area contributed by atoms with Gasteiger partial charge in [0.05, 0.1) is 7.11 Å². The molecule has 0 saturated heterocycles. The molecular formula is C14H17N3O2. The third-order valence-corrected chi connectivity index (χ3v) is 2.80. The second kappa shape index (κ2) is 5.67. The van der Waals surface area contributed by atoms with E-state index in [-0.39, 0.29) is 6.01 Å². The van der Waals surface area contributed by atoms with Crippen molar-refractivity contribution in [2.45, 2.75) is 20.4 Å². The zero-order valence-electron chi connectivity index (χ0n) is 11.3. The number of hydrogen-bond donors (Lipinski definition) is 1. The lowest BCUT2D eigenvalue weighted by molar-refractivity contribution is 0.367. The van der Waals surface area contributed by atoms with Crippen molar-refractivity contribution in [3.63, 3.8) is 0 Å². The second-order valence-electron chi connectivity index (χ2n) is 4.22. The van der Waals surface area contributed by atoms with E-state index in [1.165, 1.54) is 0 Å². The molecule has 0 aliphatic heterocycles. The van der Waals surface area contributed by atoms with Gasteiger partial charge in [-0.3, -0.25) is 0 Å². The van der Waals surface area contributed by atoms with Crippen molar-refractivity contribution in [2.75, 3.05) is 7.11 Å². The molecule has 2 N–H and O–H groups in total. The van der Waals surface area contributed by atoms with Crippen molar-refractivity contribution in [3.8, 4) is 17.5 Å². The summed E-state index contributed by atoms with van der Waals surface area (Å²) >= 11 is 0. The van der Waals surface area contributed by atoms with Crippen LogP contribution in [0.25, 0.3) is 0 Å². The highest BCUT2D eigenvalue weighted by molar-refractivity contribution is 5.43. The summed E-state index contributed by atoms with van der Waals surface area (Å²) in [5.74, 6) is 1.25. The van der Waals surface area contributed by atoms with Crippen LogP contribution in [0.2, 0.25) is 0 Å². The van der Waals surface area contributed by atoms with Crippen molar-refractivity contribution < 1.29 is 9.47 Å². The van der Waals surface area contributed by atoms with Crippen LogP contribution >= 0.6 is 0 Å². The van der Waals surface area contributed by atoms with Gasteiger partial charge in [-0.05, 0) is 31.5 Å². The molecule has 0 unspecified atom stereocenters. The van der Waals surface area contributed by atoms with Gasteiger partial charge in [0.25, 0.3) is 0 Å². The van der Waals surface area contributed by atoms with Crippen molar-refractivity contribution in [1.82, 2.24) is 9.97 Å². The molecule has 0 atom stereocenters. The fourth-order valence-electron chi connectivity index (χ4n) is 1.68. The number of nitrogens with two attached hydrogens (primary N) is 1. The second-order valence-corrected chi connectivity index (χ2v) is 4.22. The molecule has 0 radical (unpaired) electrons. The lowest BCUT2D eigenvalue weighted by Gasteiger charge is -2.10. The van der Waals surface area contributed by atoms with Gasteiger partial charge in [0, 0.05) is 24.0 Å². The first kappa shape index (κ1) is 13.3. The van der Waals surface area contributed by atoms with Crippen LogP contribution in [0, 0.1) is 13.8 Å². The Morgan fingerprint density at radius 3 is 2.63 bits per heavy atom. The summed E-state index contributed by atoms with van der Waals surface area (Å²) in [7, 11) is 1.60. The van der Waals surface area contributed by atoms with E-state index >= 15 is 0 Å². The van der Waals surface area contributed by atoms with Gasteiger partial charge >= 0.3 is 6.01 Å². The van der Waals surface area contributed by atoms with Gasteiger partial charge < -0.3 is 15.2 Å². The molecular weight excluding hydrogens is 242 g/mol. The number of benzene rings is 1. The number of hydrogen-bond acceptors (Lipinski definition) is 5. The van der Waals surface area contributed by atoms with Gasteiger partial charge in [0.15, 0.2) is 11.5 Å². The molecule has 0 bridgehead atoms. The predicted molar refractivity (Wildman–Crippen MR) is 72.5 cm³/mol. The number of aromatic nitrogens is 2. The molecule has 2 rings (SSSR count). The van der Waals surface area contributed by atoms with Gasteiger partial charge in [-0.2, -0.15) is 4.98 Å². The highest BCUT2D eigenvalue weighted by Gasteiger charge is 2.09. The van der Waals surface area contributed by atoms with Crippen LogP contribution in [0.5, 0.6) is 17.5 Å². The van der Waals surface area contributed by atoms with Crippen molar-refractivity contribution in [3.05, 3.63) is 41.2 Å². The largest absolute Gasteiger partial charge is 0.493 e. The summed E-state index contributed by atoms with van der Waals surface area (Å²) in [6, 6.07) is 5.97. The Morgan fingerprint density at radius 2 is 2.00 bits per heavy atom. The molecule has 0 aliphatic carbocycles. The number of nitrogens with zero attached hydrogens (tertiary/aromatic N) is 2. The topological polar surface area (TPSA) is 70.3 Å². The third-order valence-electron chi connectivity index (χ3n) is 2.80. The van der Waals surface area contributed by atoms with E-state index in [9.17, 15) is 0 Å². The summed E-state index contributed by atoms with van der Waals surface area (Å²) in [4.78, 5) is 8.40. The van der Waals surface area contributed by atoms with Crippen LogP contribution in [0.4, 0.5) is 0 Å². The summed E-state index contributed by atoms with van der Waals surface area (Å²) in [6.45, 7) is 4.28. The number of ether oxygens (including phenoxy) is 2. The molecule has 100 valence electrons. The van der Waals surface area contributed by atoms with E-state index in [4.69, 9.17) is 15.2 Å². The predicted octanol–water partition coefficient (Wildman–Crippen LogP) is 2.35. The first-order valence-electron chi connectivity index (χ1n) is 5.99. The first-order chi connectivity index (χ1) is 9.13. The highest BCUT2D eigenvalue weighted by Crippen LogP contribution is 2.30. The van der Waals surface area contributed by atoms with Crippen LogP contribution in [0.1, 0.15) is 16.8 Å². The maximum absolute atomic E-state index is 5.65. The molecule has 5 heteroatoms. The zero-order valence-corrected chi connectivity index (χ0v) is 11.3. The molecule has 5 nitrogen and oxygen atoms in total. The summed E-state index contributed by atoms with van der Waals surface area (Å²) in [6.07, 6.45) is 1.68. The van der Waals surface area contributed by atoms with E-state index in [1.807, 2.05) is 32.0 Å². The molecule has 0 fully saturated rings. The molecule has 1 heterocycles. The average Bonchev–Trinajstić information content (AvgIpc) is 2.41. The van der Waals surface area contributed by atoms with E-state index in [0.29, 0.717) is 18.0 Å². The van der Waals surface area contributed by atoms with Crippen molar-refractivity contribution >= 4 is 0 Å². The Morgan fingerprint density at radius 1 is 1.21 bits per heavy atom. The first-order valence-corrected chi connectivity index (χ1v) is 5.99. The average molecular weight is 259 g/mol. The number of rotatable bonds is 4. The molecule has 0 saturated carbocycles. The third kappa shape index (κ3) is 3.00. The maximum atomic E-state index is 5.65. The Balaban J connectivity index is 2.28. The summed E-state index contributed by atoms with van der Waals surface area (Å²) in [5, 5.41) is 0. The normalized spacial score (nSPS) is 10.3. The lowest BCUT2D eigenvalue weighted by atomic mass is 10.2. The minimum atomic E-state index is 0.289. The van der Waals surface area contributed by atoms with E-state index in [1.54, 1.807) is 13.3 Å². The van der Waals surface area contributed by atoms with Crippen LogP contribution in [0.15, 0.2) is 24.4 Å². The highest BCUT2D eigenvalue weighted by atomic mass is 16.5. The van der Waals surface area contributed by atoms with Gasteiger partial charge in [-0.25, -0.2) is 4.98 Å².